The fourth-order valence-corrected chi connectivity index (χ4v) is 3.21. The summed E-state index contributed by atoms with van der Waals surface area (Å²) in [4.78, 5) is 2.55. The molecule has 2 heterocycles. The van der Waals surface area contributed by atoms with Crippen LogP contribution in [0.15, 0.2) is 40.8 Å². The zero-order chi connectivity index (χ0) is 16.1. The Labute approximate surface area is 138 Å². The molecule has 0 aliphatic carbocycles. The van der Waals surface area contributed by atoms with Crippen LogP contribution in [0.2, 0.25) is 0 Å². The maximum atomic E-state index is 9.00. The number of likely N-dealkylation sites (tertiary alicyclic amines) is 1. The molecule has 0 saturated carbocycles. The lowest BCUT2D eigenvalue weighted by atomic mass is 10.00. The summed E-state index contributed by atoms with van der Waals surface area (Å²) >= 11 is 0. The summed E-state index contributed by atoms with van der Waals surface area (Å²) < 4.78 is 5.47. The van der Waals surface area contributed by atoms with Crippen LogP contribution in [0.1, 0.15) is 36.8 Å². The Kier molecular flexibility index (Phi) is 5.36. The van der Waals surface area contributed by atoms with E-state index in [1.54, 1.807) is 6.07 Å². The van der Waals surface area contributed by atoms with Crippen molar-refractivity contribution < 1.29 is 9.52 Å². The lowest BCUT2D eigenvalue weighted by Gasteiger charge is -2.30. The Balaban J connectivity index is 1.50. The van der Waals surface area contributed by atoms with E-state index in [0.717, 1.165) is 23.9 Å². The van der Waals surface area contributed by atoms with Crippen molar-refractivity contribution in [3.8, 4) is 0 Å². The van der Waals surface area contributed by atoms with Crippen molar-refractivity contribution >= 4 is 5.69 Å². The molecule has 1 fully saturated rings. The van der Waals surface area contributed by atoms with E-state index in [2.05, 4.69) is 41.4 Å². The highest BCUT2D eigenvalue weighted by Crippen LogP contribution is 2.19. The minimum atomic E-state index is -0.0518. The number of nitrogens with zero attached hydrogens (tertiary/aromatic N) is 1. The molecule has 0 radical (unpaired) electrons. The third kappa shape index (κ3) is 4.60. The third-order valence-corrected chi connectivity index (χ3v) is 4.44. The van der Waals surface area contributed by atoms with E-state index in [0.29, 0.717) is 12.3 Å². The van der Waals surface area contributed by atoms with Crippen LogP contribution in [0.3, 0.4) is 0 Å². The molecule has 0 bridgehead atoms. The molecule has 1 aliphatic heterocycles. The minimum Gasteiger partial charge on any atom is -0.462 e. The first-order valence-corrected chi connectivity index (χ1v) is 8.46. The monoisotopic (exact) mass is 314 g/mol. The summed E-state index contributed by atoms with van der Waals surface area (Å²) in [6, 6.07) is 12.3. The van der Waals surface area contributed by atoms with E-state index in [-0.39, 0.29) is 6.61 Å². The molecule has 4 heteroatoms. The topological polar surface area (TPSA) is 48.6 Å². The van der Waals surface area contributed by atoms with Crippen LogP contribution in [-0.4, -0.2) is 23.1 Å². The standard InChI is InChI=1S/C19H26N2O2/c1-15-3-2-10-21(12-15)13-16-4-6-17(7-5-16)20-11-18-8-9-19(14-22)23-18/h4-9,15,20,22H,2-3,10-14H2,1H3. The average molecular weight is 314 g/mol. The molecule has 2 aromatic rings. The summed E-state index contributed by atoms with van der Waals surface area (Å²) in [5.74, 6) is 2.26. The van der Waals surface area contributed by atoms with Gasteiger partial charge in [-0.05, 0) is 55.1 Å². The molecule has 2 N–H and O–H groups in total. The summed E-state index contributed by atoms with van der Waals surface area (Å²) in [7, 11) is 0. The molecule has 0 amide bonds. The summed E-state index contributed by atoms with van der Waals surface area (Å²) in [5.41, 5.74) is 2.45. The van der Waals surface area contributed by atoms with Crippen LogP contribution in [0.25, 0.3) is 0 Å². The van der Waals surface area contributed by atoms with Gasteiger partial charge in [-0.25, -0.2) is 0 Å². The molecule has 1 aliphatic rings. The molecule has 124 valence electrons. The summed E-state index contributed by atoms with van der Waals surface area (Å²) in [6.45, 7) is 6.40. The van der Waals surface area contributed by atoms with Gasteiger partial charge in [0.1, 0.15) is 18.1 Å². The quantitative estimate of drug-likeness (QED) is 0.855. The van der Waals surface area contributed by atoms with Crippen molar-refractivity contribution in [2.24, 2.45) is 5.92 Å². The van der Waals surface area contributed by atoms with Gasteiger partial charge in [-0.1, -0.05) is 19.1 Å². The fourth-order valence-electron chi connectivity index (χ4n) is 3.21. The first-order chi connectivity index (χ1) is 11.2. The highest BCUT2D eigenvalue weighted by atomic mass is 16.4. The van der Waals surface area contributed by atoms with Crippen LogP contribution in [0, 0.1) is 5.92 Å². The van der Waals surface area contributed by atoms with Gasteiger partial charge in [0.05, 0.1) is 6.54 Å². The molecule has 1 saturated heterocycles. The van der Waals surface area contributed by atoms with Crippen molar-refractivity contribution in [3.63, 3.8) is 0 Å². The molecular weight excluding hydrogens is 288 g/mol. The fraction of sp³-hybridized carbons (Fsp3) is 0.474. The normalized spacial score (nSPS) is 19.0. The van der Waals surface area contributed by atoms with E-state index in [9.17, 15) is 0 Å². The van der Waals surface area contributed by atoms with Crippen molar-refractivity contribution in [2.75, 3.05) is 18.4 Å². The first-order valence-electron chi connectivity index (χ1n) is 8.46. The first kappa shape index (κ1) is 16.1. The number of piperidine rings is 1. The van der Waals surface area contributed by atoms with E-state index in [1.165, 1.54) is 31.5 Å². The Hall–Kier alpha value is -1.78. The van der Waals surface area contributed by atoms with Crippen LogP contribution in [0.5, 0.6) is 0 Å². The number of nitrogens with one attached hydrogen (secondary N) is 1. The number of furan rings is 1. The largest absolute Gasteiger partial charge is 0.462 e. The molecule has 4 nitrogen and oxygen atoms in total. The van der Waals surface area contributed by atoms with E-state index >= 15 is 0 Å². The molecule has 23 heavy (non-hydrogen) atoms. The second-order valence-corrected chi connectivity index (χ2v) is 6.56. The number of aliphatic hydroxyl groups excluding tert-OH is 1. The zero-order valence-corrected chi connectivity index (χ0v) is 13.8. The maximum absolute atomic E-state index is 9.00. The highest BCUT2D eigenvalue weighted by Gasteiger charge is 2.16. The van der Waals surface area contributed by atoms with Crippen molar-refractivity contribution in [3.05, 3.63) is 53.5 Å². The van der Waals surface area contributed by atoms with Crippen molar-refractivity contribution in [1.29, 1.82) is 0 Å². The van der Waals surface area contributed by atoms with Crippen molar-refractivity contribution in [2.45, 2.75) is 39.5 Å². The van der Waals surface area contributed by atoms with Crippen LogP contribution < -0.4 is 5.32 Å². The van der Waals surface area contributed by atoms with E-state index in [4.69, 9.17) is 9.52 Å². The number of anilines is 1. The van der Waals surface area contributed by atoms with Gasteiger partial charge in [0.2, 0.25) is 0 Å². The van der Waals surface area contributed by atoms with Gasteiger partial charge >= 0.3 is 0 Å². The molecular formula is C19H26N2O2. The molecule has 1 unspecified atom stereocenters. The van der Waals surface area contributed by atoms with E-state index < -0.39 is 0 Å². The van der Waals surface area contributed by atoms with Crippen LogP contribution >= 0.6 is 0 Å². The Bertz CT molecular complexity index is 606. The SMILES string of the molecule is CC1CCCN(Cc2ccc(NCc3ccc(CO)o3)cc2)C1. The summed E-state index contributed by atoms with van der Waals surface area (Å²) in [5, 5.41) is 12.3. The minimum absolute atomic E-state index is 0.0518. The molecule has 1 aromatic heterocycles. The van der Waals surface area contributed by atoms with Gasteiger partial charge in [0.25, 0.3) is 0 Å². The van der Waals surface area contributed by atoms with Gasteiger partial charge in [-0.3, -0.25) is 4.90 Å². The number of benzene rings is 1. The van der Waals surface area contributed by atoms with Gasteiger partial charge in [0, 0.05) is 18.8 Å². The van der Waals surface area contributed by atoms with Crippen LogP contribution in [0.4, 0.5) is 5.69 Å². The Morgan fingerprint density at radius 2 is 1.96 bits per heavy atom. The lowest BCUT2D eigenvalue weighted by Crippen LogP contribution is -2.33. The molecule has 1 atom stereocenters. The second kappa shape index (κ2) is 7.66. The predicted octanol–water partition coefficient (Wildman–Crippen LogP) is 3.62. The predicted molar refractivity (Wildman–Crippen MR) is 92.1 cm³/mol. The average Bonchev–Trinajstić information content (AvgIpc) is 3.02. The van der Waals surface area contributed by atoms with Gasteiger partial charge < -0.3 is 14.8 Å². The maximum Gasteiger partial charge on any atom is 0.129 e. The van der Waals surface area contributed by atoms with Gasteiger partial charge in [0.15, 0.2) is 0 Å². The smallest absolute Gasteiger partial charge is 0.129 e. The number of aliphatic hydroxyl groups is 1. The number of hydrogen-bond acceptors (Lipinski definition) is 4. The van der Waals surface area contributed by atoms with Gasteiger partial charge in [-0.15, -0.1) is 0 Å². The van der Waals surface area contributed by atoms with Crippen LogP contribution in [-0.2, 0) is 19.7 Å². The third-order valence-electron chi connectivity index (χ3n) is 4.44. The van der Waals surface area contributed by atoms with Crippen molar-refractivity contribution in [1.82, 2.24) is 4.90 Å². The lowest BCUT2D eigenvalue weighted by molar-refractivity contribution is 0.176. The molecule has 0 spiro atoms. The number of rotatable bonds is 6. The Morgan fingerprint density at radius 1 is 1.17 bits per heavy atom. The second-order valence-electron chi connectivity index (χ2n) is 6.56. The Morgan fingerprint density at radius 3 is 2.65 bits per heavy atom. The molecule has 3 rings (SSSR count). The highest BCUT2D eigenvalue weighted by molar-refractivity contribution is 5.44. The molecule has 1 aromatic carbocycles. The zero-order valence-electron chi connectivity index (χ0n) is 13.8. The van der Waals surface area contributed by atoms with Gasteiger partial charge in [-0.2, -0.15) is 0 Å². The van der Waals surface area contributed by atoms with E-state index in [1.807, 2.05) is 6.07 Å². The summed E-state index contributed by atoms with van der Waals surface area (Å²) in [6.07, 6.45) is 2.68. The number of hydrogen-bond donors (Lipinski definition) is 2.